The largest absolute Gasteiger partial charge is 0.299 e. The van der Waals surface area contributed by atoms with E-state index in [0.29, 0.717) is 17.1 Å². The maximum Gasteiger partial charge on any atom is 0.139 e. The molecule has 4 fully saturated rings. The van der Waals surface area contributed by atoms with E-state index in [1.165, 1.54) is 38.5 Å². The molecule has 0 bridgehead atoms. The fourth-order valence-electron chi connectivity index (χ4n) is 8.03. The number of hydrogen-bond donors (Lipinski definition) is 0. The Kier molecular flexibility index (Phi) is 3.57. The number of Topliss-reactive ketones (excluding diaryl/α,β-unsaturated/α-hetero) is 1. The van der Waals surface area contributed by atoms with Gasteiger partial charge < -0.3 is 0 Å². The monoisotopic (exact) mass is 316 g/mol. The van der Waals surface area contributed by atoms with Crippen LogP contribution in [-0.4, -0.2) is 5.78 Å². The summed E-state index contributed by atoms with van der Waals surface area (Å²) in [6, 6.07) is 0. The summed E-state index contributed by atoms with van der Waals surface area (Å²) < 4.78 is 0. The summed E-state index contributed by atoms with van der Waals surface area (Å²) in [7, 11) is 0. The number of carbonyl (C=O) groups excluding carboxylic acids is 1. The van der Waals surface area contributed by atoms with Crippen LogP contribution in [0.1, 0.15) is 79.6 Å². The van der Waals surface area contributed by atoms with Crippen molar-refractivity contribution in [2.45, 2.75) is 79.6 Å². The zero-order chi connectivity index (χ0) is 16.6. The zero-order valence-corrected chi connectivity index (χ0v) is 15.9. The van der Waals surface area contributed by atoms with Crippen molar-refractivity contribution in [2.75, 3.05) is 0 Å². The number of ketones is 1. The van der Waals surface area contributed by atoms with Gasteiger partial charge in [-0.2, -0.15) is 0 Å². The van der Waals surface area contributed by atoms with Crippen molar-refractivity contribution in [1.82, 2.24) is 0 Å². The Morgan fingerprint density at radius 2 is 1.61 bits per heavy atom. The van der Waals surface area contributed by atoms with E-state index in [4.69, 9.17) is 0 Å². The Hall–Kier alpha value is -0.330. The number of carbonyl (C=O) groups is 1. The van der Waals surface area contributed by atoms with Gasteiger partial charge in [0.25, 0.3) is 0 Å². The average molecular weight is 317 g/mol. The standard InChI is InChI=1S/C22H36O/c1-13-8-10-21(4)17-9-11-22(5)16(6-7-19(22)23)20(17)15(3)14(2)18(21)12-13/h13-18,20H,6-12H2,1-5H3/t13-,14+,15?,16?,17?,18?,20?,21+,22-/m0/s1. The summed E-state index contributed by atoms with van der Waals surface area (Å²) in [6.07, 6.45) is 8.87. The quantitative estimate of drug-likeness (QED) is 0.558. The molecule has 0 aromatic heterocycles. The molecule has 23 heavy (non-hydrogen) atoms. The van der Waals surface area contributed by atoms with Crippen molar-refractivity contribution in [1.29, 1.82) is 0 Å². The molecular formula is C22H36O. The van der Waals surface area contributed by atoms with Crippen LogP contribution in [0.25, 0.3) is 0 Å². The number of fused-ring (bicyclic) bond motifs is 5. The molecule has 5 unspecified atom stereocenters. The van der Waals surface area contributed by atoms with E-state index in [1.807, 2.05) is 0 Å². The molecule has 4 rings (SSSR count). The second-order valence-corrected chi connectivity index (χ2v) is 10.4. The number of rotatable bonds is 0. The predicted octanol–water partition coefficient (Wildman–Crippen LogP) is 5.73. The van der Waals surface area contributed by atoms with Crippen LogP contribution in [0.2, 0.25) is 0 Å². The van der Waals surface area contributed by atoms with Crippen LogP contribution in [-0.2, 0) is 4.79 Å². The van der Waals surface area contributed by atoms with Crippen molar-refractivity contribution in [3.8, 4) is 0 Å². The van der Waals surface area contributed by atoms with Gasteiger partial charge in [0.1, 0.15) is 5.78 Å². The summed E-state index contributed by atoms with van der Waals surface area (Å²) in [5, 5.41) is 0. The molecule has 0 heterocycles. The molecule has 0 aromatic carbocycles. The molecule has 9 atom stereocenters. The minimum Gasteiger partial charge on any atom is -0.299 e. The van der Waals surface area contributed by atoms with Gasteiger partial charge in [-0.1, -0.05) is 41.0 Å². The van der Waals surface area contributed by atoms with Gasteiger partial charge in [-0.3, -0.25) is 4.79 Å². The fourth-order valence-corrected chi connectivity index (χ4v) is 8.03. The molecule has 0 saturated heterocycles. The Bertz CT molecular complexity index is 510. The van der Waals surface area contributed by atoms with Crippen LogP contribution in [0.5, 0.6) is 0 Å². The highest BCUT2D eigenvalue weighted by atomic mass is 16.1. The molecular weight excluding hydrogens is 280 g/mol. The highest BCUT2D eigenvalue weighted by Crippen LogP contribution is 2.68. The van der Waals surface area contributed by atoms with Crippen LogP contribution < -0.4 is 0 Å². The van der Waals surface area contributed by atoms with E-state index in [-0.39, 0.29) is 5.41 Å². The fraction of sp³-hybridized carbons (Fsp3) is 0.955. The molecule has 0 radical (unpaired) electrons. The first-order valence-electron chi connectivity index (χ1n) is 10.3. The van der Waals surface area contributed by atoms with Crippen molar-refractivity contribution < 1.29 is 4.79 Å². The molecule has 1 nitrogen and oxygen atoms in total. The van der Waals surface area contributed by atoms with E-state index in [0.717, 1.165) is 41.9 Å². The normalized spacial score (nSPS) is 59.2. The first-order valence-corrected chi connectivity index (χ1v) is 10.3. The SMILES string of the molecule is CC1C2C(CC[C@]3(C)C(=O)CCC23)[C@@]2(C)CC[C@H](C)CC2[C@@H]1C. The van der Waals surface area contributed by atoms with Crippen molar-refractivity contribution in [3.05, 3.63) is 0 Å². The molecule has 4 saturated carbocycles. The highest BCUT2D eigenvalue weighted by Gasteiger charge is 2.63. The van der Waals surface area contributed by atoms with Crippen LogP contribution in [0.15, 0.2) is 0 Å². The van der Waals surface area contributed by atoms with E-state index < -0.39 is 0 Å². The van der Waals surface area contributed by atoms with Gasteiger partial charge in [-0.05, 0) is 78.9 Å². The Balaban J connectivity index is 1.73. The third-order valence-electron chi connectivity index (χ3n) is 9.64. The Morgan fingerprint density at radius 3 is 2.35 bits per heavy atom. The van der Waals surface area contributed by atoms with Gasteiger partial charge in [0.2, 0.25) is 0 Å². The maximum atomic E-state index is 12.6. The van der Waals surface area contributed by atoms with Crippen LogP contribution >= 0.6 is 0 Å². The maximum absolute atomic E-state index is 12.6. The van der Waals surface area contributed by atoms with Gasteiger partial charge in [-0.15, -0.1) is 0 Å². The molecule has 1 heteroatoms. The van der Waals surface area contributed by atoms with Crippen LogP contribution in [0.3, 0.4) is 0 Å². The Labute approximate surface area is 143 Å². The van der Waals surface area contributed by atoms with Gasteiger partial charge >= 0.3 is 0 Å². The average Bonchev–Trinajstić information content (AvgIpc) is 2.82. The van der Waals surface area contributed by atoms with Gasteiger partial charge in [-0.25, -0.2) is 0 Å². The lowest BCUT2D eigenvalue weighted by atomic mass is 9.40. The summed E-state index contributed by atoms with van der Waals surface area (Å²) in [6.45, 7) is 12.5. The van der Waals surface area contributed by atoms with Gasteiger partial charge in [0, 0.05) is 11.8 Å². The van der Waals surface area contributed by atoms with Crippen molar-refractivity contribution >= 4 is 5.78 Å². The predicted molar refractivity (Wildman–Crippen MR) is 95.0 cm³/mol. The topological polar surface area (TPSA) is 17.1 Å². The third-order valence-corrected chi connectivity index (χ3v) is 9.64. The second-order valence-electron chi connectivity index (χ2n) is 10.4. The molecule has 0 aromatic rings. The Morgan fingerprint density at radius 1 is 0.870 bits per heavy atom. The second kappa shape index (κ2) is 5.09. The molecule has 4 aliphatic carbocycles. The molecule has 0 N–H and O–H groups in total. The first kappa shape index (κ1) is 16.2. The molecule has 0 spiro atoms. The van der Waals surface area contributed by atoms with E-state index in [1.54, 1.807) is 0 Å². The summed E-state index contributed by atoms with van der Waals surface area (Å²) in [5.41, 5.74) is 0.580. The third kappa shape index (κ3) is 2.00. The summed E-state index contributed by atoms with van der Waals surface area (Å²) in [5.74, 6) is 6.44. The zero-order valence-electron chi connectivity index (χ0n) is 15.9. The minimum atomic E-state index is 0.0281. The smallest absolute Gasteiger partial charge is 0.139 e. The van der Waals surface area contributed by atoms with Gasteiger partial charge in [0.05, 0.1) is 0 Å². The molecule has 130 valence electrons. The molecule has 4 aliphatic rings. The lowest BCUT2D eigenvalue weighted by molar-refractivity contribution is -0.165. The minimum absolute atomic E-state index is 0.0281. The first-order chi connectivity index (χ1) is 10.8. The molecule has 0 amide bonds. The van der Waals surface area contributed by atoms with Crippen LogP contribution in [0, 0.1) is 52.3 Å². The van der Waals surface area contributed by atoms with Crippen molar-refractivity contribution in [3.63, 3.8) is 0 Å². The number of hydrogen-bond acceptors (Lipinski definition) is 1. The summed E-state index contributed by atoms with van der Waals surface area (Å²) >= 11 is 0. The van der Waals surface area contributed by atoms with Crippen molar-refractivity contribution in [2.24, 2.45) is 52.3 Å². The lowest BCUT2D eigenvalue weighted by Crippen LogP contribution is -2.58. The van der Waals surface area contributed by atoms with Gasteiger partial charge in [0.15, 0.2) is 0 Å². The van der Waals surface area contributed by atoms with E-state index in [2.05, 4.69) is 34.6 Å². The van der Waals surface area contributed by atoms with E-state index in [9.17, 15) is 4.79 Å². The van der Waals surface area contributed by atoms with Crippen LogP contribution in [0.4, 0.5) is 0 Å². The highest BCUT2D eigenvalue weighted by molar-refractivity contribution is 5.87. The lowest BCUT2D eigenvalue weighted by Gasteiger charge is -2.64. The van der Waals surface area contributed by atoms with E-state index >= 15 is 0 Å². The molecule has 0 aliphatic heterocycles. The summed E-state index contributed by atoms with van der Waals surface area (Å²) in [4.78, 5) is 12.6.